The zero-order valence-electron chi connectivity index (χ0n) is 7.34. The largest absolute Gasteiger partial charge is 0.296 e. The number of rotatable bonds is 7. The molecule has 0 aromatic heterocycles. The maximum Gasteiger partial charge on any atom is 0.143 e. The van der Waals surface area contributed by atoms with Crippen molar-refractivity contribution in [1.82, 2.24) is 0 Å². The van der Waals surface area contributed by atoms with Crippen molar-refractivity contribution in [3.05, 3.63) is 0 Å². The number of unbranched alkanes of at least 4 members (excludes halogenated alkanes) is 5. The van der Waals surface area contributed by atoms with E-state index in [1.807, 2.05) is 0 Å². The first-order chi connectivity index (χ1) is 5.43. The molecule has 1 saturated heterocycles. The molecule has 1 atom stereocenters. The first kappa shape index (κ1) is 9.40. The molecule has 0 saturated carbocycles. The number of hydrogen-bond donors (Lipinski definition) is 0. The molecule has 2 heteroatoms. The van der Waals surface area contributed by atoms with E-state index in [1.54, 1.807) is 12.0 Å². The fourth-order valence-electron chi connectivity index (χ4n) is 1.23. The van der Waals surface area contributed by atoms with Crippen LogP contribution in [0.25, 0.3) is 0 Å². The quantitative estimate of drug-likeness (QED) is 0.331. The van der Waals surface area contributed by atoms with Gasteiger partial charge in [0, 0.05) is 12.0 Å². The van der Waals surface area contributed by atoms with Gasteiger partial charge in [0.1, 0.15) is 5.44 Å². The van der Waals surface area contributed by atoms with Gasteiger partial charge in [0.25, 0.3) is 0 Å². The molecule has 0 aromatic rings. The molecule has 1 rings (SSSR count). The van der Waals surface area contributed by atoms with Crippen molar-refractivity contribution in [1.29, 1.82) is 0 Å². The van der Waals surface area contributed by atoms with Gasteiger partial charge in [-0.05, 0) is 12.8 Å². The van der Waals surface area contributed by atoms with Crippen molar-refractivity contribution < 1.29 is 4.18 Å². The van der Waals surface area contributed by atoms with Crippen LogP contribution in [0.2, 0.25) is 0 Å². The van der Waals surface area contributed by atoms with Gasteiger partial charge in [-0.1, -0.05) is 39.0 Å². The van der Waals surface area contributed by atoms with E-state index in [2.05, 4.69) is 6.92 Å². The standard InChI is InChI=1S/C9H18OS/c1-2-3-4-5-6-7-8-9-10-11-9/h9H,2-8H2,1H3/t9-/m1/s1. The molecule has 1 fully saturated rings. The molecule has 66 valence electrons. The maximum atomic E-state index is 5.05. The van der Waals surface area contributed by atoms with Crippen LogP contribution in [0, 0.1) is 0 Å². The molecule has 1 heterocycles. The summed E-state index contributed by atoms with van der Waals surface area (Å²) in [6.45, 7) is 2.26. The third kappa shape index (κ3) is 5.57. The van der Waals surface area contributed by atoms with Crippen molar-refractivity contribution in [3.63, 3.8) is 0 Å². The van der Waals surface area contributed by atoms with Crippen LogP contribution in [0.4, 0.5) is 0 Å². The van der Waals surface area contributed by atoms with Crippen molar-refractivity contribution >= 4 is 12.0 Å². The summed E-state index contributed by atoms with van der Waals surface area (Å²) in [4.78, 5) is 0. The van der Waals surface area contributed by atoms with Crippen molar-refractivity contribution in [2.24, 2.45) is 0 Å². The zero-order valence-corrected chi connectivity index (χ0v) is 8.16. The lowest BCUT2D eigenvalue weighted by Gasteiger charge is -1.97. The van der Waals surface area contributed by atoms with E-state index < -0.39 is 0 Å². The van der Waals surface area contributed by atoms with Gasteiger partial charge in [0.15, 0.2) is 0 Å². The normalized spacial score (nSPS) is 22.1. The van der Waals surface area contributed by atoms with E-state index in [9.17, 15) is 0 Å². The molecule has 0 aromatic carbocycles. The van der Waals surface area contributed by atoms with Crippen LogP contribution in [-0.2, 0) is 4.18 Å². The van der Waals surface area contributed by atoms with Gasteiger partial charge >= 0.3 is 0 Å². The topological polar surface area (TPSA) is 12.5 Å². The highest BCUT2D eigenvalue weighted by atomic mass is 32.2. The van der Waals surface area contributed by atoms with Crippen molar-refractivity contribution in [3.8, 4) is 0 Å². The van der Waals surface area contributed by atoms with E-state index in [1.165, 1.54) is 44.9 Å². The lowest BCUT2D eigenvalue weighted by molar-refractivity contribution is 0.424. The Morgan fingerprint density at radius 1 is 1.09 bits per heavy atom. The van der Waals surface area contributed by atoms with E-state index in [4.69, 9.17) is 4.18 Å². The summed E-state index contributed by atoms with van der Waals surface area (Å²) in [5.41, 5.74) is 0.571. The second-order valence-corrected chi connectivity index (χ2v) is 4.09. The minimum atomic E-state index is 0.571. The second-order valence-electron chi connectivity index (χ2n) is 3.18. The predicted molar refractivity (Wildman–Crippen MR) is 50.5 cm³/mol. The molecule has 0 N–H and O–H groups in total. The lowest BCUT2D eigenvalue weighted by Crippen LogP contribution is -1.83. The average Bonchev–Trinajstić information content (AvgIpc) is 2.80. The van der Waals surface area contributed by atoms with Crippen molar-refractivity contribution in [2.75, 3.05) is 0 Å². The van der Waals surface area contributed by atoms with Crippen LogP contribution in [0.15, 0.2) is 0 Å². The third-order valence-corrected chi connectivity index (χ3v) is 2.73. The zero-order chi connectivity index (χ0) is 7.94. The highest BCUT2D eigenvalue weighted by Crippen LogP contribution is 2.37. The van der Waals surface area contributed by atoms with Crippen LogP contribution in [-0.4, -0.2) is 5.44 Å². The Labute approximate surface area is 74.1 Å². The summed E-state index contributed by atoms with van der Waals surface area (Å²) in [7, 11) is 0. The maximum absolute atomic E-state index is 5.05. The molecule has 0 unspecified atom stereocenters. The number of hydrogen-bond acceptors (Lipinski definition) is 2. The molecule has 0 amide bonds. The summed E-state index contributed by atoms with van der Waals surface area (Å²) in [5.74, 6) is 0. The molecule has 0 aliphatic carbocycles. The molecule has 1 aliphatic heterocycles. The summed E-state index contributed by atoms with van der Waals surface area (Å²) in [5, 5.41) is 0. The Kier molecular flexibility index (Phi) is 5.04. The first-order valence-corrected chi connectivity index (χ1v) is 5.56. The Bertz CT molecular complexity index is 91.6. The van der Waals surface area contributed by atoms with Crippen LogP contribution in [0.1, 0.15) is 51.9 Å². The van der Waals surface area contributed by atoms with E-state index in [0.717, 1.165) is 0 Å². The molecule has 11 heavy (non-hydrogen) atoms. The minimum absolute atomic E-state index is 0.571. The summed E-state index contributed by atoms with van der Waals surface area (Å²) in [6, 6.07) is 0. The Morgan fingerprint density at radius 3 is 2.36 bits per heavy atom. The molecule has 1 nitrogen and oxygen atoms in total. The molecule has 0 radical (unpaired) electrons. The molecule has 1 aliphatic rings. The minimum Gasteiger partial charge on any atom is -0.296 e. The van der Waals surface area contributed by atoms with Crippen LogP contribution in [0.5, 0.6) is 0 Å². The molecule has 0 spiro atoms. The summed E-state index contributed by atoms with van der Waals surface area (Å²) >= 11 is 1.64. The smallest absolute Gasteiger partial charge is 0.143 e. The average molecular weight is 174 g/mol. The van der Waals surface area contributed by atoms with E-state index in [-0.39, 0.29) is 0 Å². The van der Waals surface area contributed by atoms with E-state index >= 15 is 0 Å². The molecular weight excluding hydrogens is 156 g/mol. The fourth-order valence-corrected chi connectivity index (χ4v) is 1.66. The SMILES string of the molecule is CCCCCCCC[C@@H]1OS1. The third-order valence-electron chi connectivity index (χ3n) is 2.03. The van der Waals surface area contributed by atoms with Gasteiger partial charge in [0.05, 0.1) is 0 Å². The Morgan fingerprint density at radius 2 is 1.73 bits per heavy atom. The highest BCUT2D eigenvalue weighted by Gasteiger charge is 2.23. The van der Waals surface area contributed by atoms with Gasteiger partial charge in [-0.25, -0.2) is 0 Å². The van der Waals surface area contributed by atoms with Gasteiger partial charge < -0.3 is 0 Å². The monoisotopic (exact) mass is 174 g/mol. The Hall–Kier alpha value is 0.310. The van der Waals surface area contributed by atoms with Gasteiger partial charge in [-0.2, -0.15) is 0 Å². The molecular formula is C9H18OS. The van der Waals surface area contributed by atoms with Gasteiger partial charge in [-0.3, -0.25) is 4.18 Å². The van der Waals surface area contributed by atoms with Gasteiger partial charge in [0.2, 0.25) is 0 Å². The second kappa shape index (κ2) is 5.90. The Balaban J connectivity index is 1.66. The highest BCUT2D eigenvalue weighted by molar-refractivity contribution is 8.00. The van der Waals surface area contributed by atoms with Crippen LogP contribution >= 0.6 is 12.0 Å². The predicted octanol–water partition coefficient (Wildman–Crippen LogP) is 3.74. The molecule has 0 bridgehead atoms. The van der Waals surface area contributed by atoms with Crippen molar-refractivity contribution in [2.45, 2.75) is 57.3 Å². The fraction of sp³-hybridized carbons (Fsp3) is 1.00. The van der Waals surface area contributed by atoms with Crippen LogP contribution in [0.3, 0.4) is 0 Å². The van der Waals surface area contributed by atoms with Crippen LogP contribution < -0.4 is 0 Å². The lowest BCUT2D eigenvalue weighted by atomic mass is 10.1. The summed E-state index contributed by atoms with van der Waals surface area (Å²) < 4.78 is 5.05. The first-order valence-electron chi connectivity index (χ1n) is 4.75. The van der Waals surface area contributed by atoms with E-state index in [0.29, 0.717) is 5.44 Å². The summed E-state index contributed by atoms with van der Waals surface area (Å²) in [6.07, 6.45) is 9.65. The van der Waals surface area contributed by atoms with Gasteiger partial charge in [-0.15, -0.1) is 0 Å².